The minimum atomic E-state index is -0.810. The summed E-state index contributed by atoms with van der Waals surface area (Å²) in [6.07, 6.45) is 1.51. The molecule has 0 radical (unpaired) electrons. The van der Waals surface area contributed by atoms with E-state index in [1.54, 1.807) is 25.5 Å². The van der Waals surface area contributed by atoms with Crippen LogP contribution in [-0.2, 0) is 16.6 Å². The summed E-state index contributed by atoms with van der Waals surface area (Å²) in [7, 11) is 1.75. The number of ether oxygens (including phenoxy) is 1. The first-order valence-electron chi connectivity index (χ1n) is 5.72. The number of carbonyl (C=O) groups is 2. The standard InChI is InChI=1S/C10H16N6O3S/c1-4-19-8(17)7(6(2)13-14-9(11)18)20-10-15-12-5-16(10)3/h5,7H,4H2,1-3H3,(H3,11,14,18)/b13-6-. The molecule has 3 N–H and O–H groups in total. The minimum absolute atomic E-state index is 0.241. The Kier molecular flexibility index (Phi) is 5.97. The number of nitrogens with one attached hydrogen (secondary N) is 1. The lowest BCUT2D eigenvalue weighted by atomic mass is 10.3. The van der Waals surface area contributed by atoms with Gasteiger partial charge in [-0.25, -0.2) is 10.2 Å². The van der Waals surface area contributed by atoms with E-state index in [0.29, 0.717) is 10.9 Å². The number of thioether (sulfide) groups is 1. The van der Waals surface area contributed by atoms with Gasteiger partial charge in [0.15, 0.2) is 5.16 Å². The number of hydrogen-bond donors (Lipinski definition) is 2. The Labute approximate surface area is 119 Å². The van der Waals surface area contributed by atoms with Crippen LogP contribution in [0.5, 0.6) is 0 Å². The van der Waals surface area contributed by atoms with Crippen LogP contribution < -0.4 is 11.2 Å². The molecule has 0 saturated heterocycles. The maximum absolute atomic E-state index is 11.9. The summed E-state index contributed by atoms with van der Waals surface area (Å²) >= 11 is 1.12. The average Bonchev–Trinajstić information content (AvgIpc) is 2.78. The van der Waals surface area contributed by atoms with Crippen molar-refractivity contribution in [2.45, 2.75) is 24.3 Å². The molecule has 0 bridgehead atoms. The Bertz CT molecular complexity index is 515. The highest BCUT2D eigenvalue weighted by atomic mass is 32.2. The second-order valence-electron chi connectivity index (χ2n) is 3.70. The predicted octanol–water partition coefficient (Wildman–Crippen LogP) is -0.117. The summed E-state index contributed by atoms with van der Waals surface area (Å²) < 4.78 is 6.64. The van der Waals surface area contributed by atoms with Crippen LogP contribution in [0.2, 0.25) is 0 Å². The third-order valence-electron chi connectivity index (χ3n) is 2.12. The van der Waals surface area contributed by atoms with Gasteiger partial charge >= 0.3 is 12.0 Å². The molecule has 0 fully saturated rings. The zero-order chi connectivity index (χ0) is 15.1. The van der Waals surface area contributed by atoms with Crippen molar-refractivity contribution >= 4 is 29.5 Å². The van der Waals surface area contributed by atoms with Gasteiger partial charge in [-0.3, -0.25) is 4.79 Å². The van der Waals surface area contributed by atoms with E-state index in [4.69, 9.17) is 10.5 Å². The van der Waals surface area contributed by atoms with Gasteiger partial charge in [0.05, 0.1) is 12.3 Å². The molecular formula is C10H16N6O3S. The number of amides is 2. The van der Waals surface area contributed by atoms with E-state index < -0.39 is 17.3 Å². The van der Waals surface area contributed by atoms with Gasteiger partial charge in [-0.15, -0.1) is 10.2 Å². The van der Waals surface area contributed by atoms with Crippen LogP contribution in [0.15, 0.2) is 16.6 Å². The van der Waals surface area contributed by atoms with Crippen LogP contribution in [-0.4, -0.2) is 44.3 Å². The molecule has 1 rings (SSSR count). The van der Waals surface area contributed by atoms with Gasteiger partial charge in [0.1, 0.15) is 11.6 Å². The molecule has 20 heavy (non-hydrogen) atoms. The molecular weight excluding hydrogens is 284 g/mol. The first kappa shape index (κ1) is 16.0. The Morgan fingerprint density at radius 1 is 1.65 bits per heavy atom. The van der Waals surface area contributed by atoms with Crippen LogP contribution in [0.3, 0.4) is 0 Å². The number of hydrazone groups is 1. The molecule has 1 aromatic heterocycles. The monoisotopic (exact) mass is 300 g/mol. The largest absolute Gasteiger partial charge is 0.465 e. The smallest absolute Gasteiger partial charge is 0.332 e. The number of primary amides is 1. The van der Waals surface area contributed by atoms with Crippen LogP contribution in [0.25, 0.3) is 0 Å². The summed E-state index contributed by atoms with van der Waals surface area (Å²) in [4.78, 5) is 22.6. The summed E-state index contributed by atoms with van der Waals surface area (Å²) in [5.41, 5.74) is 7.35. The maximum Gasteiger partial charge on any atom is 0.332 e. The minimum Gasteiger partial charge on any atom is -0.465 e. The lowest BCUT2D eigenvalue weighted by Gasteiger charge is -2.14. The van der Waals surface area contributed by atoms with Gasteiger partial charge in [0, 0.05) is 7.05 Å². The number of nitrogens with zero attached hydrogens (tertiary/aromatic N) is 4. The Balaban J connectivity index is 2.90. The van der Waals surface area contributed by atoms with Gasteiger partial charge in [-0.05, 0) is 13.8 Å². The number of esters is 1. The number of aromatic nitrogens is 3. The summed E-state index contributed by atoms with van der Waals surface area (Å²) in [5, 5.41) is 11.1. The normalized spacial score (nSPS) is 12.8. The van der Waals surface area contributed by atoms with Crippen molar-refractivity contribution in [2.24, 2.45) is 17.9 Å². The third kappa shape index (κ3) is 4.53. The van der Waals surface area contributed by atoms with Gasteiger partial charge in [-0.1, -0.05) is 11.8 Å². The molecule has 0 aliphatic rings. The molecule has 110 valence electrons. The fraction of sp³-hybridized carbons (Fsp3) is 0.500. The van der Waals surface area contributed by atoms with Crippen molar-refractivity contribution in [3.05, 3.63) is 6.33 Å². The molecule has 1 atom stereocenters. The highest BCUT2D eigenvalue weighted by Crippen LogP contribution is 2.22. The van der Waals surface area contributed by atoms with E-state index in [1.165, 1.54) is 6.33 Å². The Morgan fingerprint density at radius 2 is 2.35 bits per heavy atom. The number of rotatable bonds is 6. The first-order valence-corrected chi connectivity index (χ1v) is 6.60. The van der Waals surface area contributed by atoms with Crippen molar-refractivity contribution in [3.8, 4) is 0 Å². The molecule has 0 aliphatic carbocycles. The molecule has 10 heteroatoms. The van der Waals surface area contributed by atoms with Crippen LogP contribution >= 0.6 is 11.8 Å². The zero-order valence-corrected chi connectivity index (χ0v) is 12.2. The van der Waals surface area contributed by atoms with E-state index in [-0.39, 0.29) is 6.61 Å². The fourth-order valence-corrected chi connectivity index (χ4v) is 2.11. The first-order chi connectivity index (χ1) is 9.45. The van der Waals surface area contributed by atoms with Crippen molar-refractivity contribution in [1.29, 1.82) is 0 Å². The van der Waals surface area contributed by atoms with Crippen molar-refractivity contribution < 1.29 is 14.3 Å². The molecule has 1 unspecified atom stereocenters. The molecule has 9 nitrogen and oxygen atoms in total. The van der Waals surface area contributed by atoms with E-state index in [9.17, 15) is 9.59 Å². The Hall–Kier alpha value is -2.10. The summed E-state index contributed by atoms with van der Waals surface area (Å²) in [6, 6.07) is -0.810. The third-order valence-corrected chi connectivity index (χ3v) is 3.47. The van der Waals surface area contributed by atoms with E-state index in [1.807, 2.05) is 0 Å². The van der Waals surface area contributed by atoms with Crippen LogP contribution in [0.1, 0.15) is 13.8 Å². The van der Waals surface area contributed by atoms with Crippen molar-refractivity contribution in [1.82, 2.24) is 20.2 Å². The van der Waals surface area contributed by atoms with Crippen LogP contribution in [0.4, 0.5) is 4.79 Å². The molecule has 0 aliphatic heterocycles. The molecule has 0 saturated carbocycles. The highest BCUT2D eigenvalue weighted by molar-refractivity contribution is 8.01. The molecule has 0 aromatic carbocycles. The number of aryl methyl sites for hydroxylation is 1. The number of urea groups is 1. The van der Waals surface area contributed by atoms with Gasteiger partial charge in [0.25, 0.3) is 0 Å². The SMILES string of the molecule is CCOC(=O)C(Sc1nncn1C)/C(C)=N\NC(N)=O. The van der Waals surface area contributed by atoms with Gasteiger partial charge < -0.3 is 15.0 Å². The average molecular weight is 300 g/mol. The predicted molar refractivity (Wildman–Crippen MR) is 73.1 cm³/mol. The lowest BCUT2D eigenvalue weighted by Crippen LogP contribution is -2.32. The van der Waals surface area contributed by atoms with Crippen molar-refractivity contribution in [3.63, 3.8) is 0 Å². The lowest BCUT2D eigenvalue weighted by molar-refractivity contribution is -0.141. The molecule has 1 heterocycles. The number of nitrogens with two attached hydrogens (primary N) is 1. The summed E-state index contributed by atoms with van der Waals surface area (Å²) in [6.45, 7) is 3.53. The van der Waals surface area contributed by atoms with Gasteiger partial charge in [0.2, 0.25) is 0 Å². The topological polar surface area (TPSA) is 124 Å². The van der Waals surface area contributed by atoms with E-state index >= 15 is 0 Å². The van der Waals surface area contributed by atoms with E-state index in [2.05, 4.69) is 20.7 Å². The van der Waals surface area contributed by atoms with Crippen molar-refractivity contribution in [2.75, 3.05) is 6.61 Å². The quantitative estimate of drug-likeness (QED) is 0.327. The van der Waals surface area contributed by atoms with Crippen LogP contribution in [0, 0.1) is 0 Å². The highest BCUT2D eigenvalue weighted by Gasteiger charge is 2.26. The number of carbonyl (C=O) groups excluding carboxylic acids is 2. The second-order valence-corrected chi connectivity index (χ2v) is 4.78. The fourth-order valence-electron chi connectivity index (χ4n) is 1.21. The molecule has 1 aromatic rings. The summed E-state index contributed by atoms with van der Waals surface area (Å²) in [5.74, 6) is -0.479. The van der Waals surface area contributed by atoms with Gasteiger partial charge in [-0.2, -0.15) is 5.10 Å². The Morgan fingerprint density at radius 3 is 2.85 bits per heavy atom. The number of hydrogen-bond acceptors (Lipinski definition) is 7. The zero-order valence-electron chi connectivity index (χ0n) is 11.4. The van der Waals surface area contributed by atoms with E-state index in [0.717, 1.165) is 11.8 Å². The molecule has 0 spiro atoms. The molecule has 2 amide bonds. The second kappa shape index (κ2) is 7.48. The maximum atomic E-state index is 11.9.